The largest absolute Gasteiger partial charge is 0.437 e. The second-order valence-corrected chi connectivity index (χ2v) is 17.9. The van der Waals surface area contributed by atoms with Crippen molar-refractivity contribution in [3.05, 3.63) is 0 Å². The molecule has 2 N–H and O–H groups in total. The molecule has 12 heteroatoms. The molecule has 4 aliphatic carbocycles. The minimum absolute atomic E-state index is 0.195. The van der Waals surface area contributed by atoms with E-state index in [9.17, 15) is 17.2 Å². The Morgan fingerprint density at radius 1 is 0.864 bits per heavy atom. The zero-order valence-electron chi connectivity index (χ0n) is 26.2. The summed E-state index contributed by atoms with van der Waals surface area (Å²) in [6, 6.07) is 0.823. The molecule has 0 saturated heterocycles. The summed E-state index contributed by atoms with van der Waals surface area (Å²) in [7, 11) is -3.99. The summed E-state index contributed by atoms with van der Waals surface area (Å²) in [5, 5.41) is 1.86. The smallest absolute Gasteiger partial charge is 0.348 e. The van der Waals surface area contributed by atoms with Gasteiger partial charge in [-0.2, -0.15) is 17.2 Å². The van der Waals surface area contributed by atoms with Gasteiger partial charge in [0.2, 0.25) is 5.04 Å². The summed E-state index contributed by atoms with van der Waals surface area (Å²) in [5.74, 6) is 3.92. The van der Waals surface area contributed by atoms with Gasteiger partial charge >= 0.3 is 17.3 Å². The molecule has 2 heterocycles. The molecule has 0 radical (unpaired) electrons. The molecular weight excluding hydrogens is 621 g/mol. The second-order valence-electron chi connectivity index (χ2n) is 14.4. The molecule has 8 unspecified atom stereocenters. The molecule has 44 heavy (non-hydrogen) atoms. The third-order valence-corrected chi connectivity index (χ3v) is 14.4. The van der Waals surface area contributed by atoms with Crippen molar-refractivity contribution < 1.29 is 39.8 Å². The Morgan fingerprint density at radius 3 is 2.39 bits per heavy atom. The lowest BCUT2D eigenvalue weighted by molar-refractivity contribution is -0.575. The van der Waals surface area contributed by atoms with Gasteiger partial charge in [-0.3, -0.25) is 13.3 Å². The lowest BCUT2D eigenvalue weighted by atomic mass is 9.68. The number of hydrogen-bond acceptors (Lipinski definition) is 6. The summed E-state index contributed by atoms with van der Waals surface area (Å²) in [6.07, 6.45) is 21.1. The molecule has 0 aromatic carbocycles. The van der Waals surface area contributed by atoms with Gasteiger partial charge in [0.15, 0.2) is 24.6 Å². The molecule has 4 saturated carbocycles. The maximum absolute atomic E-state index is 11.6. The van der Waals surface area contributed by atoms with Crippen molar-refractivity contribution in [1.29, 1.82) is 0 Å². The molecule has 8 atom stereocenters. The molecule has 6 rings (SSSR count). The van der Waals surface area contributed by atoms with Crippen LogP contribution in [0.4, 0.5) is 0 Å². The number of hydrogen-bond donors (Lipinski definition) is 2. The highest BCUT2D eigenvalue weighted by atomic mass is 32.2. The van der Waals surface area contributed by atoms with Crippen LogP contribution in [0.2, 0.25) is 0 Å². The van der Waals surface area contributed by atoms with Crippen molar-refractivity contribution in [2.75, 3.05) is 25.4 Å². The minimum atomic E-state index is -3.99. The normalized spacial score (nSPS) is 35.3. The fraction of sp³-hybridized carbons (Fsp3) is 0.938. The van der Waals surface area contributed by atoms with E-state index in [0.29, 0.717) is 36.2 Å². The van der Waals surface area contributed by atoms with Crippen LogP contribution < -0.4 is 0 Å². The molecule has 0 spiro atoms. The Morgan fingerprint density at radius 2 is 1.59 bits per heavy atom. The van der Waals surface area contributed by atoms with Gasteiger partial charge in [0.05, 0.1) is 17.6 Å². The molecule has 0 amide bonds. The number of thioether (sulfide) groups is 1. The summed E-state index contributed by atoms with van der Waals surface area (Å²) in [6.45, 7) is 1.78. The number of unbranched alkanes of at least 4 members (excludes halogenated alkanes) is 1. The van der Waals surface area contributed by atoms with Crippen LogP contribution in [0.15, 0.2) is 0 Å². The van der Waals surface area contributed by atoms with E-state index in [1.165, 1.54) is 88.5 Å². The highest BCUT2D eigenvalue weighted by Gasteiger charge is 2.55. The second kappa shape index (κ2) is 15.1. The van der Waals surface area contributed by atoms with E-state index in [2.05, 4.69) is 9.15 Å². The van der Waals surface area contributed by atoms with Gasteiger partial charge in [0, 0.05) is 25.2 Å². The van der Waals surface area contributed by atoms with Gasteiger partial charge in [-0.25, -0.2) is 4.58 Å². The van der Waals surface area contributed by atoms with Crippen molar-refractivity contribution in [1.82, 2.24) is 0 Å². The highest BCUT2D eigenvalue weighted by Crippen LogP contribution is 2.49. The fourth-order valence-corrected chi connectivity index (χ4v) is 12.2. The van der Waals surface area contributed by atoms with Crippen LogP contribution in [0.3, 0.4) is 0 Å². The first kappa shape index (κ1) is 33.4. The minimum Gasteiger partial charge on any atom is -0.437 e. The number of fused-ring (bicyclic) bond motifs is 4. The zero-order chi connectivity index (χ0) is 30.7. The van der Waals surface area contributed by atoms with E-state index >= 15 is 0 Å². The molecule has 4 fully saturated rings. The average molecular weight is 675 g/mol. The van der Waals surface area contributed by atoms with Crippen LogP contribution >= 0.6 is 11.8 Å². The standard InChI is InChI=1S/C32H52N2O7S3/c35-43(36)40-19-7-6-17-33-27-21-25(23-9-2-1-3-10-23)13-15-28(27)41-30(33)22-31-34(18-8-20-44(37,38)39)32-26-12-5-4-11-24(26)14-16-29(32)42-31/h23-29,32H,1-22H2/p+2. The molecule has 2 aliphatic heterocycles. The van der Waals surface area contributed by atoms with Crippen molar-refractivity contribution >= 4 is 44.2 Å². The van der Waals surface area contributed by atoms with E-state index in [1.54, 1.807) is 0 Å². The van der Waals surface area contributed by atoms with Crippen LogP contribution in [-0.4, -0.2) is 90.7 Å². The van der Waals surface area contributed by atoms with Gasteiger partial charge in [0.1, 0.15) is 13.1 Å². The lowest BCUT2D eigenvalue weighted by Gasteiger charge is -2.40. The Labute approximate surface area is 271 Å². The average Bonchev–Trinajstić information content (AvgIpc) is 3.53. The molecule has 0 bridgehead atoms. The summed E-state index contributed by atoms with van der Waals surface area (Å²) < 4.78 is 69.7. The SMILES string of the molecule is O=S(O)OCCCC[N+]1=C(CC2=[N+](CCCS(=O)(=O)O)C3C(CCC4CCCCC43)S2)OC2CCC(C3CCCCC3)CC21. The third-order valence-electron chi connectivity index (χ3n) is 11.8. The van der Waals surface area contributed by atoms with Crippen LogP contribution in [-0.2, 0) is 30.4 Å². The molecule has 250 valence electrons. The Balaban J connectivity index is 1.24. The Bertz CT molecular complexity index is 1200. The number of nitrogens with zero attached hydrogens (tertiary/aromatic N) is 2. The van der Waals surface area contributed by atoms with Crippen LogP contribution in [0.1, 0.15) is 116 Å². The van der Waals surface area contributed by atoms with E-state index in [1.807, 2.05) is 11.8 Å². The van der Waals surface area contributed by atoms with Gasteiger partial charge in [-0.05, 0) is 62.7 Å². The summed E-state index contributed by atoms with van der Waals surface area (Å²) in [4.78, 5) is 0. The van der Waals surface area contributed by atoms with Gasteiger partial charge in [-0.1, -0.05) is 56.7 Å². The first-order chi connectivity index (χ1) is 21.3. The van der Waals surface area contributed by atoms with Crippen molar-refractivity contribution in [2.45, 2.75) is 139 Å². The monoisotopic (exact) mass is 674 g/mol. The number of rotatable bonds is 13. The van der Waals surface area contributed by atoms with Crippen LogP contribution in [0.25, 0.3) is 0 Å². The van der Waals surface area contributed by atoms with Gasteiger partial charge in [-0.15, -0.1) is 0 Å². The van der Waals surface area contributed by atoms with Crippen molar-refractivity contribution in [2.24, 2.45) is 23.7 Å². The van der Waals surface area contributed by atoms with Crippen LogP contribution in [0, 0.1) is 23.7 Å². The fourth-order valence-electron chi connectivity index (χ4n) is 9.83. The van der Waals surface area contributed by atoms with E-state index in [-0.39, 0.29) is 18.5 Å². The summed E-state index contributed by atoms with van der Waals surface area (Å²) in [5.41, 5.74) is 0. The quantitative estimate of drug-likeness (QED) is 0.112. The summed E-state index contributed by atoms with van der Waals surface area (Å²) >= 11 is -0.205. The molecule has 9 nitrogen and oxygen atoms in total. The van der Waals surface area contributed by atoms with E-state index in [0.717, 1.165) is 55.9 Å². The number of ether oxygens (including phenoxy) is 1. The van der Waals surface area contributed by atoms with Gasteiger partial charge < -0.3 is 4.74 Å². The lowest BCUT2D eigenvalue weighted by Crippen LogP contribution is -2.47. The Hall–Kier alpha value is -0.530. The third kappa shape index (κ3) is 8.12. The van der Waals surface area contributed by atoms with E-state index in [4.69, 9.17) is 13.5 Å². The molecule has 0 aromatic rings. The molecular formula is C32H54N2O7S3+2. The molecule has 6 aliphatic rings. The zero-order valence-corrected chi connectivity index (χ0v) is 28.7. The first-order valence-electron chi connectivity index (χ1n) is 17.5. The maximum atomic E-state index is 11.6. The van der Waals surface area contributed by atoms with Crippen molar-refractivity contribution in [3.8, 4) is 0 Å². The highest BCUT2D eigenvalue weighted by molar-refractivity contribution is 8.14. The maximum Gasteiger partial charge on any atom is 0.348 e. The van der Waals surface area contributed by atoms with Crippen molar-refractivity contribution in [3.63, 3.8) is 0 Å². The topological polar surface area (TPSA) is 116 Å². The Kier molecular flexibility index (Phi) is 11.5. The first-order valence-corrected chi connectivity index (χ1v) is 21.1. The van der Waals surface area contributed by atoms with E-state index < -0.39 is 21.5 Å². The predicted molar refractivity (Wildman–Crippen MR) is 174 cm³/mol. The predicted octanol–water partition coefficient (Wildman–Crippen LogP) is 5.64. The van der Waals surface area contributed by atoms with Gasteiger partial charge in [0.25, 0.3) is 10.1 Å². The van der Waals surface area contributed by atoms with Crippen LogP contribution in [0.5, 0.6) is 0 Å². The molecule has 0 aromatic heterocycles.